The van der Waals surface area contributed by atoms with Crippen molar-refractivity contribution in [3.8, 4) is 6.07 Å². The molecule has 1 aromatic rings. The SMILES string of the molecule is N#CC1=C(c2cccc(Cl)c2Cl)C=COC1O. The lowest BCUT2D eigenvalue weighted by Crippen LogP contribution is -2.15. The maximum Gasteiger partial charge on any atom is 0.233 e. The van der Waals surface area contributed by atoms with Crippen LogP contribution in [0.25, 0.3) is 5.57 Å². The van der Waals surface area contributed by atoms with Gasteiger partial charge in [-0.2, -0.15) is 5.26 Å². The zero-order valence-corrected chi connectivity index (χ0v) is 10.0. The second kappa shape index (κ2) is 4.80. The van der Waals surface area contributed by atoms with E-state index in [2.05, 4.69) is 0 Å². The van der Waals surface area contributed by atoms with Crippen molar-refractivity contribution in [1.82, 2.24) is 0 Å². The third kappa shape index (κ3) is 2.16. The number of nitriles is 1. The molecule has 0 bridgehead atoms. The fourth-order valence-electron chi connectivity index (χ4n) is 1.53. The summed E-state index contributed by atoms with van der Waals surface area (Å²) in [5.41, 5.74) is 1.21. The van der Waals surface area contributed by atoms with E-state index < -0.39 is 6.29 Å². The van der Waals surface area contributed by atoms with Crippen LogP contribution in [0.5, 0.6) is 0 Å². The molecule has 1 aromatic carbocycles. The second-order valence-electron chi connectivity index (χ2n) is 3.33. The Kier molecular flexibility index (Phi) is 3.39. The van der Waals surface area contributed by atoms with Crippen molar-refractivity contribution in [2.24, 2.45) is 0 Å². The highest BCUT2D eigenvalue weighted by atomic mass is 35.5. The van der Waals surface area contributed by atoms with Crippen LogP contribution in [-0.2, 0) is 4.74 Å². The van der Waals surface area contributed by atoms with Gasteiger partial charge in [0.1, 0.15) is 11.6 Å². The maximum absolute atomic E-state index is 9.53. The summed E-state index contributed by atoms with van der Waals surface area (Å²) >= 11 is 12.0. The van der Waals surface area contributed by atoms with Crippen molar-refractivity contribution in [3.05, 3.63) is 51.7 Å². The van der Waals surface area contributed by atoms with Crippen molar-refractivity contribution in [1.29, 1.82) is 5.26 Å². The van der Waals surface area contributed by atoms with Crippen LogP contribution in [0, 0.1) is 11.3 Å². The number of benzene rings is 1. The van der Waals surface area contributed by atoms with E-state index in [4.69, 9.17) is 33.2 Å². The molecule has 1 atom stereocenters. The minimum Gasteiger partial charge on any atom is -0.468 e. The second-order valence-corrected chi connectivity index (χ2v) is 4.12. The lowest BCUT2D eigenvalue weighted by atomic mass is 9.99. The van der Waals surface area contributed by atoms with Gasteiger partial charge in [-0.25, -0.2) is 0 Å². The summed E-state index contributed by atoms with van der Waals surface area (Å²) in [4.78, 5) is 0. The van der Waals surface area contributed by atoms with Crippen molar-refractivity contribution >= 4 is 28.8 Å². The van der Waals surface area contributed by atoms with Gasteiger partial charge in [0, 0.05) is 11.1 Å². The molecule has 1 unspecified atom stereocenters. The van der Waals surface area contributed by atoms with Crippen molar-refractivity contribution in [2.75, 3.05) is 0 Å². The predicted octanol–water partition coefficient (Wildman–Crippen LogP) is 3.13. The van der Waals surface area contributed by atoms with E-state index in [1.807, 2.05) is 6.07 Å². The minimum atomic E-state index is -1.27. The molecule has 1 N–H and O–H groups in total. The first-order chi connectivity index (χ1) is 8.15. The summed E-state index contributed by atoms with van der Waals surface area (Å²) in [7, 11) is 0. The molecule has 0 radical (unpaired) electrons. The summed E-state index contributed by atoms with van der Waals surface area (Å²) in [5, 5.41) is 19.3. The zero-order valence-electron chi connectivity index (χ0n) is 8.52. The zero-order chi connectivity index (χ0) is 12.4. The molecule has 1 aliphatic heterocycles. The average Bonchev–Trinajstić information content (AvgIpc) is 2.32. The van der Waals surface area contributed by atoms with E-state index in [0.717, 1.165) is 0 Å². The number of hydrogen-bond donors (Lipinski definition) is 1. The molecule has 0 saturated heterocycles. The first kappa shape index (κ1) is 12.0. The smallest absolute Gasteiger partial charge is 0.233 e. The Morgan fingerprint density at radius 3 is 2.82 bits per heavy atom. The molecule has 0 fully saturated rings. The van der Waals surface area contributed by atoms with Gasteiger partial charge in [-0.15, -0.1) is 0 Å². The summed E-state index contributed by atoms with van der Waals surface area (Å²) in [6, 6.07) is 7.00. The van der Waals surface area contributed by atoms with Crippen LogP contribution < -0.4 is 0 Å². The number of allylic oxidation sites excluding steroid dienone is 2. The Balaban J connectivity index is 2.64. The van der Waals surface area contributed by atoms with Gasteiger partial charge in [-0.1, -0.05) is 35.3 Å². The number of aliphatic hydroxyl groups excluding tert-OH is 1. The van der Waals surface area contributed by atoms with E-state index in [-0.39, 0.29) is 5.57 Å². The van der Waals surface area contributed by atoms with E-state index >= 15 is 0 Å². The fraction of sp³-hybridized carbons (Fsp3) is 0.0833. The minimum absolute atomic E-state index is 0.108. The van der Waals surface area contributed by atoms with E-state index in [1.54, 1.807) is 24.3 Å². The Morgan fingerprint density at radius 2 is 2.12 bits per heavy atom. The van der Waals surface area contributed by atoms with Crippen molar-refractivity contribution < 1.29 is 9.84 Å². The topological polar surface area (TPSA) is 53.2 Å². The lowest BCUT2D eigenvalue weighted by Gasteiger charge is -2.18. The number of nitrogens with zero attached hydrogens (tertiary/aromatic N) is 1. The van der Waals surface area contributed by atoms with Crippen LogP contribution in [0.15, 0.2) is 36.1 Å². The monoisotopic (exact) mass is 267 g/mol. The fourth-order valence-corrected chi connectivity index (χ4v) is 1.94. The van der Waals surface area contributed by atoms with Gasteiger partial charge < -0.3 is 9.84 Å². The molecule has 17 heavy (non-hydrogen) atoms. The van der Waals surface area contributed by atoms with Gasteiger partial charge >= 0.3 is 0 Å². The van der Waals surface area contributed by atoms with Crippen molar-refractivity contribution in [2.45, 2.75) is 6.29 Å². The number of hydrogen-bond acceptors (Lipinski definition) is 3. The molecular formula is C12H7Cl2NO2. The average molecular weight is 268 g/mol. The first-order valence-corrected chi connectivity index (χ1v) is 5.49. The Hall–Kier alpha value is -1.47. The number of halogens is 2. The van der Waals surface area contributed by atoms with E-state index in [1.165, 1.54) is 6.26 Å². The van der Waals surface area contributed by atoms with Crippen LogP contribution in [0.2, 0.25) is 10.0 Å². The van der Waals surface area contributed by atoms with Gasteiger partial charge in [-0.05, 0) is 12.1 Å². The largest absolute Gasteiger partial charge is 0.468 e. The number of aliphatic hydroxyl groups is 1. The van der Waals surface area contributed by atoms with Gasteiger partial charge in [-0.3, -0.25) is 0 Å². The summed E-state index contributed by atoms with van der Waals surface area (Å²) in [6.07, 6.45) is 1.62. The first-order valence-electron chi connectivity index (χ1n) is 4.74. The Morgan fingerprint density at radius 1 is 1.35 bits per heavy atom. The molecule has 0 saturated carbocycles. The lowest BCUT2D eigenvalue weighted by molar-refractivity contribution is -0.0186. The third-order valence-electron chi connectivity index (χ3n) is 2.34. The van der Waals surface area contributed by atoms with Crippen LogP contribution >= 0.6 is 23.2 Å². The highest BCUT2D eigenvalue weighted by molar-refractivity contribution is 6.43. The molecule has 0 amide bonds. The molecule has 1 heterocycles. The highest BCUT2D eigenvalue weighted by Crippen LogP contribution is 2.34. The van der Waals surface area contributed by atoms with Gasteiger partial charge in [0.05, 0.1) is 16.3 Å². The van der Waals surface area contributed by atoms with Crippen LogP contribution in [0.4, 0.5) is 0 Å². The maximum atomic E-state index is 9.53. The normalized spacial score (nSPS) is 18.8. The number of rotatable bonds is 1. The van der Waals surface area contributed by atoms with Crippen molar-refractivity contribution in [3.63, 3.8) is 0 Å². The molecule has 0 spiro atoms. The van der Waals surface area contributed by atoms with Gasteiger partial charge in [0.2, 0.25) is 6.29 Å². The highest BCUT2D eigenvalue weighted by Gasteiger charge is 2.21. The third-order valence-corrected chi connectivity index (χ3v) is 3.16. The quantitative estimate of drug-likeness (QED) is 0.851. The Bertz CT molecular complexity index is 558. The number of ether oxygens (including phenoxy) is 1. The van der Waals surface area contributed by atoms with Gasteiger partial charge in [0.25, 0.3) is 0 Å². The summed E-state index contributed by atoms with van der Waals surface area (Å²) in [6.45, 7) is 0. The van der Waals surface area contributed by atoms with Gasteiger partial charge in [0.15, 0.2) is 0 Å². The summed E-state index contributed by atoms with van der Waals surface area (Å²) < 4.78 is 4.82. The summed E-state index contributed by atoms with van der Waals surface area (Å²) in [5.74, 6) is 0. The van der Waals surface area contributed by atoms with Crippen LogP contribution in [0.1, 0.15) is 5.56 Å². The molecule has 5 heteroatoms. The predicted molar refractivity (Wildman–Crippen MR) is 65.2 cm³/mol. The molecular weight excluding hydrogens is 261 g/mol. The molecule has 86 valence electrons. The van der Waals surface area contributed by atoms with E-state index in [9.17, 15) is 5.11 Å². The van der Waals surface area contributed by atoms with E-state index in [0.29, 0.717) is 21.2 Å². The standard InChI is InChI=1S/C12H7Cl2NO2/c13-10-3-1-2-8(11(10)14)7-4-5-17-12(16)9(7)6-15/h1-5,12,16H. The van der Waals surface area contributed by atoms with Crippen LogP contribution in [0.3, 0.4) is 0 Å². The molecule has 0 aliphatic carbocycles. The Labute approximate surface area is 108 Å². The molecule has 2 rings (SSSR count). The van der Waals surface area contributed by atoms with Crippen LogP contribution in [-0.4, -0.2) is 11.4 Å². The molecule has 1 aliphatic rings. The molecule has 3 nitrogen and oxygen atoms in total. The molecule has 0 aromatic heterocycles.